The molecule has 1 saturated heterocycles. The summed E-state index contributed by atoms with van der Waals surface area (Å²) in [4.78, 5) is 22.4. The predicted octanol–water partition coefficient (Wildman–Crippen LogP) is 1.52. The Morgan fingerprint density at radius 1 is 1.42 bits per heavy atom. The van der Waals surface area contributed by atoms with Crippen molar-refractivity contribution in [1.29, 1.82) is 0 Å². The summed E-state index contributed by atoms with van der Waals surface area (Å²) >= 11 is 1.94. The molecule has 1 fully saturated rings. The number of aliphatic carboxylic acids is 1. The number of carbonyl (C=O) groups is 2. The fraction of sp³-hybridized carbons (Fsp3) is 0.846. The summed E-state index contributed by atoms with van der Waals surface area (Å²) in [5.41, 5.74) is 0. The molecule has 6 heteroatoms. The third kappa shape index (κ3) is 7.42. The van der Waals surface area contributed by atoms with E-state index in [1.807, 2.05) is 18.7 Å². The van der Waals surface area contributed by atoms with Crippen LogP contribution in [-0.2, 0) is 14.3 Å². The number of ether oxygens (including phenoxy) is 1. The molecular weight excluding hydrogens is 266 g/mol. The van der Waals surface area contributed by atoms with Crippen molar-refractivity contribution in [1.82, 2.24) is 5.32 Å². The van der Waals surface area contributed by atoms with E-state index in [0.717, 1.165) is 24.3 Å². The van der Waals surface area contributed by atoms with E-state index in [1.165, 1.54) is 0 Å². The fourth-order valence-electron chi connectivity index (χ4n) is 2.13. The first-order chi connectivity index (χ1) is 9.11. The molecular formula is C13H23NO4S. The van der Waals surface area contributed by atoms with Gasteiger partial charge in [0.2, 0.25) is 5.91 Å². The van der Waals surface area contributed by atoms with Gasteiger partial charge < -0.3 is 15.2 Å². The van der Waals surface area contributed by atoms with Crippen LogP contribution in [0.1, 0.15) is 32.6 Å². The largest absolute Gasteiger partial charge is 0.481 e. The highest BCUT2D eigenvalue weighted by atomic mass is 32.2. The Balaban J connectivity index is 2.23. The van der Waals surface area contributed by atoms with E-state index >= 15 is 0 Å². The van der Waals surface area contributed by atoms with Gasteiger partial charge in [-0.05, 0) is 37.2 Å². The Bertz CT molecular complexity index is 292. The van der Waals surface area contributed by atoms with Crippen molar-refractivity contribution in [2.45, 2.75) is 38.7 Å². The van der Waals surface area contributed by atoms with Crippen LogP contribution in [-0.4, -0.2) is 47.7 Å². The van der Waals surface area contributed by atoms with E-state index in [9.17, 15) is 9.59 Å². The van der Waals surface area contributed by atoms with E-state index in [0.29, 0.717) is 18.9 Å². The lowest BCUT2D eigenvalue weighted by atomic mass is 9.98. The lowest BCUT2D eigenvalue weighted by Gasteiger charge is -2.21. The monoisotopic (exact) mass is 289 g/mol. The SMILES string of the molecule is CCOC(CNC(=O)CC1CCSCC1)CC(=O)O. The van der Waals surface area contributed by atoms with Gasteiger partial charge in [-0.1, -0.05) is 0 Å². The zero-order chi connectivity index (χ0) is 14.1. The van der Waals surface area contributed by atoms with Crippen LogP contribution in [0.5, 0.6) is 0 Å². The lowest BCUT2D eigenvalue weighted by Crippen LogP contribution is -2.36. The molecule has 0 spiro atoms. The molecule has 1 aliphatic rings. The normalized spacial score (nSPS) is 17.9. The molecule has 2 N–H and O–H groups in total. The molecule has 0 aromatic carbocycles. The molecule has 1 rings (SSSR count). The van der Waals surface area contributed by atoms with Crippen LogP contribution < -0.4 is 5.32 Å². The number of nitrogens with one attached hydrogen (secondary N) is 1. The highest BCUT2D eigenvalue weighted by Crippen LogP contribution is 2.24. The van der Waals surface area contributed by atoms with Crippen molar-refractivity contribution in [2.75, 3.05) is 24.7 Å². The zero-order valence-corrected chi connectivity index (χ0v) is 12.2. The van der Waals surface area contributed by atoms with Crippen LogP contribution in [0.4, 0.5) is 0 Å². The molecule has 19 heavy (non-hydrogen) atoms. The topological polar surface area (TPSA) is 75.6 Å². The summed E-state index contributed by atoms with van der Waals surface area (Å²) < 4.78 is 5.29. The Hall–Kier alpha value is -0.750. The maximum Gasteiger partial charge on any atom is 0.306 e. The molecule has 5 nitrogen and oxygen atoms in total. The predicted molar refractivity (Wildman–Crippen MR) is 75.3 cm³/mol. The second kappa shape index (κ2) is 9.20. The lowest BCUT2D eigenvalue weighted by molar-refractivity contribution is -0.140. The van der Waals surface area contributed by atoms with Gasteiger partial charge in [-0.25, -0.2) is 0 Å². The molecule has 0 aromatic rings. The third-order valence-electron chi connectivity index (χ3n) is 3.15. The second-order valence-electron chi connectivity index (χ2n) is 4.74. The molecule has 110 valence electrons. The molecule has 0 radical (unpaired) electrons. The maximum absolute atomic E-state index is 11.8. The highest BCUT2D eigenvalue weighted by molar-refractivity contribution is 7.99. The summed E-state index contributed by atoms with van der Waals surface area (Å²) in [6.07, 6.45) is 2.23. The summed E-state index contributed by atoms with van der Waals surface area (Å²) in [7, 11) is 0. The molecule has 1 unspecified atom stereocenters. The minimum Gasteiger partial charge on any atom is -0.481 e. The molecule has 1 amide bonds. The van der Waals surface area contributed by atoms with Crippen LogP contribution in [0.25, 0.3) is 0 Å². The third-order valence-corrected chi connectivity index (χ3v) is 4.20. The summed E-state index contributed by atoms with van der Waals surface area (Å²) in [5, 5.41) is 11.5. The average molecular weight is 289 g/mol. The standard InChI is InChI=1S/C13H23NO4S/c1-2-18-11(8-13(16)17)9-14-12(15)7-10-3-5-19-6-4-10/h10-11H,2-9H2,1H3,(H,14,15)(H,16,17). The van der Waals surface area contributed by atoms with Crippen molar-refractivity contribution in [3.05, 3.63) is 0 Å². The van der Waals surface area contributed by atoms with E-state index < -0.39 is 12.1 Å². The summed E-state index contributed by atoms with van der Waals surface area (Å²) in [6.45, 7) is 2.55. The van der Waals surface area contributed by atoms with Crippen LogP contribution >= 0.6 is 11.8 Å². The minimum atomic E-state index is -0.906. The van der Waals surface area contributed by atoms with E-state index in [-0.39, 0.29) is 18.9 Å². The van der Waals surface area contributed by atoms with Crippen molar-refractivity contribution < 1.29 is 19.4 Å². The second-order valence-corrected chi connectivity index (χ2v) is 5.96. The first kappa shape index (κ1) is 16.3. The smallest absolute Gasteiger partial charge is 0.306 e. The van der Waals surface area contributed by atoms with Crippen molar-refractivity contribution in [2.24, 2.45) is 5.92 Å². The van der Waals surface area contributed by atoms with Gasteiger partial charge in [0.05, 0.1) is 12.5 Å². The van der Waals surface area contributed by atoms with Gasteiger partial charge in [0.25, 0.3) is 0 Å². The number of rotatable bonds is 8. The maximum atomic E-state index is 11.8. The number of thioether (sulfide) groups is 1. The van der Waals surface area contributed by atoms with Gasteiger partial charge in [-0.2, -0.15) is 11.8 Å². The van der Waals surface area contributed by atoms with Crippen LogP contribution in [0.15, 0.2) is 0 Å². The van der Waals surface area contributed by atoms with E-state index in [2.05, 4.69) is 5.32 Å². The first-order valence-corrected chi connectivity index (χ1v) is 7.95. The number of carboxylic acids is 1. The number of hydrogen-bond acceptors (Lipinski definition) is 4. The molecule has 0 aromatic heterocycles. The Labute approximate surface area is 118 Å². The Morgan fingerprint density at radius 3 is 2.68 bits per heavy atom. The minimum absolute atomic E-state index is 0.00647. The van der Waals surface area contributed by atoms with Gasteiger partial charge >= 0.3 is 5.97 Å². The highest BCUT2D eigenvalue weighted by Gasteiger charge is 2.19. The number of amides is 1. The summed E-state index contributed by atoms with van der Waals surface area (Å²) in [6, 6.07) is 0. The Morgan fingerprint density at radius 2 is 2.11 bits per heavy atom. The molecule has 0 aliphatic carbocycles. The van der Waals surface area contributed by atoms with Crippen LogP contribution in [0, 0.1) is 5.92 Å². The van der Waals surface area contributed by atoms with Gasteiger partial charge in [0.15, 0.2) is 0 Å². The van der Waals surface area contributed by atoms with E-state index in [4.69, 9.17) is 9.84 Å². The number of carbonyl (C=O) groups excluding carboxylic acids is 1. The molecule has 1 heterocycles. The van der Waals surface area contributed by atoms with Gasteiger partial charge in [-0.15, -0.1) is 0 Å². The van der Waals surface area contributed by atoms with Gasteiger partial charge in [-0.3, -0.25) is 9.59 Å². The van der Waals surface area contributed by atoms with Gasteiger partial charge in [0, 0.05) is 19.6 Å². The fourth-order valence-corrected chi connectivity index (χ4v) is 3.34. The molecule has 0 saturated carbocycles. The summed E-state index contributed by atoms with van der Waals surface area (Å²) in [5.74, 6) is 1.85. The Kier molecular flexibility index (Phi) is 7.90. The molecule has 1 atom stereocenters. The van der Waals surface area contributed by atoms with E-state index in [1.54, 1.807) is 0 Å². The van der Waals surface area contributed by atoms with Crippen molar-refractivity contribution >= 4 is 23.6 Å². The molecule has 1 aliphatic heterocycles. The van der Waals surface area contributed by atoms with Crippen molar-refractivity contribution in [3.8, 4) is 0 Å². The number of carboxylic acid groups (broad SMARTS) is 1. The van der Waals surface area contributed by atoms with Crippen molar-refractivity contribution in [3.63, 3.8) is 0 Å². The zero-order valence-electron chi connectivity index (χ0n) is 11.4. The quantitative estimate of drug-likeness (QED) is 0.708. The average Bonchev–Trinajstić information content (AvgIpc) is 2.37. The van der Waals surface area contributed by atoms with Crippen LogP contribution in [0.2, 0.25) is 0 Å². The molecule has 0 bridgehead atoms. The van der Waals surface area contributed by atoms with Gasteiger partial charge in [0.1, 0.15) is 0 Å². The number of hydrogen-bond donors (Lipinski definition) is 2. The van der Waals surface area contributed by atoms with Crippen LogP contribution in [0.3, 0.4) is 0 Å². The first-order valence-electron chi connectivity index (χ1n) is 6.79.